The fourth-order valence-corrected chi connectivity index (χ4v) is 5.37. The van der Waals surface area contributed by atoms with Crippen molar-refractivity contribution >= 4 is 21.4 Å². The molecule has 0 amide bonds. The van der Waals surface area contributed by atoms with Crippen LogP contribution in [-0.4, -0.2) is 44.6 Å². The summed E-state index contributed by atoms with van der Waals surface area (Å²) in [5.74, 6) is 0. The average Bonchev–Trinajstić information content (AvgIpc) is 2.84. The number of ether oxygens (including phenoxy) is 1. The number of thiophene rings is 1. The highest BCUT2D eigenvalue weighted by atomic mass is 32.2. The first-order chi connectivity index (χ1) is 9.45. The molecule has 5 nitrogen and oxygen atoms in total. The van der Waals surface area contributed by atoms with Crippen LogP contribution < -0.4 is 5.32 Å². The topological polar surface area (TPSA) is 58.6 Å². The number of nitrogens with one attached hydrogen (secondary N) is 1. The molecule has 2 atom stereocenters. The van der Waals surface area contributed by atoms with Crippen LogP contribution in [0, 0.1) is 0 Å². The molecule has 2 heterocycles. The van der Waals surface area contributed by atoms with Gasteiger partial charge in [0, 0.05) is 24.5 Å². The molecule has 2 rings (SSSR count). The van der Waals surface area contributed by atoms with Crippen LogP contribution in [0.25, 0.3) is 0 Å². The largest absolute Gasteiger partial charge is 0.373 e. The van der Waals surface area contributed by atoms with Gasteiger partial charge in [0.2, 0.25) is 10.0 Å². The Morgan fingerprint density at radius 3 is 2.65 bits per heavy atom. The molecule has 0 aliphatic carbocycles. The Balaban J connectivity index is 2.23. The molecule has 0 bridgehead atoms. The Bertz CT molecular complexity index is 532. The number of morpholine rings is 1. The van der Waals surface area contributed by atoms with Crippen LogP contribution in [0.3, 0.4) is 0 Å². The van der Waals surface area contributed by atoms with Crippen molar-refractivity contribution in [3.8, 4) is 0 Å². The zero-order valence-electron chi connectivity index (χ0n) is 12.1. The van der Waals surface area contributed by atoms with Gasteiger partial charge in [-0.05, 0) is 31.8 Å². The van der Waals surface area contributed by atoms with Gasteiger partial charge >= 0.3 is 0 Å². The maximum Gasteiger partial charge on any atom is 0.244 e. The highest BCUT2D eigenvalue weighted by molar-refractivity contribution is 7.89. The van der Waals surface area contributed by atoms with Crippen LogP contribution in [-0.2, 0) is 21.3 Å². The van der Waals surface area contributed by atoms with Gasteiger partial charge in [0.1, 0.15) is 0 Å². The molecule has 0 unspecified atom stereocenters. The lowest BCUT2D eigenvalue weighted by atomic mass is 10.3. The van der Waals surface area contributed by atoms with Gasteiger partial charge in [-0.15, -0.1) is 11.3 Å². The van der Waals surface area contributed by atoms with Crippen molar-refractivity contribution < 1.29 is 13.2 Å². The van der Waals surface area contributed by atoms with Gasteiger partial charge in [-0.2, -0.15) is 4.31 Å². The number of rotatable bonds is 5. The standard InChI is InChI=1S/C13H22N2O3S2/c1-4-14-7-12-13(5-6-19-12)20(16,17)15-8-10(2)18-11(3)9-15/h5-6,10-11,14H,4,7-9H2,1-3H3/t10-,11+. The maximum atomic E-state index is 12.8. The van der Waals surface area contributed by atoms with E-state index >= 15 is 0 Å². The Labute approximate surface area is 125 Å². The van der Waals surface area contributed by atoms with Crippen LogP contribution in [0.1, 0.15) is 25.6 Å². The summed E-state index contributed by atoms with van der Waals surface area (Å²) >= 11 is 1.48. The second-order valence-corrected chi connectivity index (χ2v) is 7.97. The van der Waals surface area contributed by atoms with E-state index in [2.05, 4.69) is 5.32 Å². The summed E-state index contributed by atoms with van der Waals surface area (Å²) in [6.07, 6.45) is -0.131. The van der Waals surface area contributed by atoms with Crippen molar-refractivity contribution in [2.75, 3.05) is 19.6 Å². The Hall–Kier alpha value is -0.470. The monoisotopic (exact) mass is 318 g/mol. The lowest BCUT2D eigenvalue weighted by molar-refractivity contribution is -0.0440. The highest BCUT2D eigenvalue weighted by Gasteiger charge is 2.33. The van der Waals surface area contributed by atoms with Gasteiger partial charge in [-0.25, -0.2) is 8.42 Å². The lowest BCUT2D eigenvalue weighted by Crippen LogP contribution is -2.48. The van der Waals surface area contributed by atoms with E-state index < -0.39 is 10.0 Å². The highest BCUT2D eigenvalue weighted by Crippen LogP contribution is 2.27. The smallest absolute Gasteiger partial charge is 0.244 e. The molecule has 1 aromatic heterocycles. The molecule has 1 fully saturated rings. The van der Waals surface area contributed by atoms with Crippen LogP contribution in [0.15, 0.2) is 16.3 Å². The molecule has 7 heteroatoms. The van der Waals surface area contributed by atoms with Crippen LogP contribution in [0.4, 0.5) is 0 Å². The third kappa shape index (κ3) is 3.40. The zero-order chi connectivity index (χ0) is 14.8. The molecule has 114 valence electrons. The molecule has 1 saturated heterocycles. The third-order valence-electron chi connectivity index (χ3n) is 3.24. The minimum atomic E-state index is -3.42. The Morgan fingerprint density at radius 2 is 2.05 bits per heavy atom. The molecule has 0 spiro atoms. The van der Waals surface area contributed by atoms with Crippen LogP contribution in [0.5, 0.6) is 0 Å². The average molecular weight is 318 g/mol. The van der Waals surface area contributed by atoms with Crippen molar-refractivity contribution in [1.29, 1.82) is 0 Å². The first kappa shape index (κ1) is 15.9. The minimum absolute atomic E-state index is 0.0654. The molecular formula is C13H22N2O3S2. The quantitative estimate of drug-likeness (QED) is 0.897. The van der Waals surface area contributed by atoms with Crippen molar-refractivity contribution in [3.05, 3.63) is 16.3 Å². The zero-order valence-corrected chi connectivity index (χ0v) is 13.8. The molecule has 1 aromatic rings. The minimum Gasteiger partial charge on any atom is -0.373 e. The fraction of sp³-hybridized carbons (Fsp3) is 0.692. The van der Waals surface area contributed by atoms with E-state index in [1.807, 2.05) is 26.2 Å². The lowest BCUT2D eigenvalue weighted by Gasteiger charge is -2.34. The number of hydrogen-bond donors (Lipinski definition) is 1. The van der Waals surface area contributed by atoms with Crippen LogP contribution in [0.2, 0.25) is 0 Å². The van der Waals surface area contributed by atoms with Gasteiger partial charge in [0.05, 0.1) is 17.1 Å². The predicted octanol–water partition coefficient (Wildman–Crippen LogP) is 1.66. The van der Waals surface area contributed by atoms with E-state index in [1.165, 1.54) is 11.3 Å². The molecule has 1 aliphatic rings. The number of nitrogens with zero attached hydrogens (tertiary/aromatic N) is 1. The maximum absolute atomic E-state index is 12.8. The van der Waals surface area contributed by atoms with Gasteiger partial charge in [-0.3, -0.25) is 0 Å². The molecular weight excluding hydrogens is 296 g/mol. The van der Waals surface area contributed by atoms with Gasteiger partial charge in [0.15, 0.2) is 0 Å². The molecule has 1 aliphatic heterocycles. The van der Waals surface area contributed by atoms with Gasteiger partial charge in [-0.1, -0.05) is 6.92 Å². The van der Waals surface area contributed by atoms with Crippen LogP contribution >= 0.6 is 11.3 Å². The van der Waals surface area contributed by atoms with E-state index in [4.69, 9.17) is 4.74 Å². The summed E-state index contributed by atoms with van der Waals surface area (Å²) in [5, 5.41) is 5.03. The Morgan fingerprint density at radius 1 is 1.40 bits per heavy atom. The number of hydrogen-bond acceptors (Lipinski definition) is 5. The van der Waals surface area contributed by atoms with E-state index in [-0.39, 0.29) is 12.2 Å². The normalized spacial score (nSPS) is 24.9. The summed E-state index contributed by atoms with van der Waals surface area (Å²) < 4.78 is 32.7. The number of sulfonamides is 1. The van der Waals surface area contributed by atoms with E-state index in [1.54, 1.807) is 10.4 Å². The van der Waals surface area contributed by atoms with Gasteiger partial charge < -0.3 is 10.1 Å². The van der Waals surface area contributed by atoms with Crippen molar-refractivity contribution in [3.63, 3.8) is 0 Å². The fourth-order valence-electron chi connectivity index (χ4n) is 2.39. The Kier molecular flexibility index (Phi) is 5.19. The molecule has 1 N–H and O–H groups in total. The third-order valence-corrected chi connectivity index (χ3v) is 6.21. The second kappa shape index (κ2) is 6.53. The first-order valence-corrected chi connectivity index (χ1v) is 9.19. The summed E-state index contributed by atoms with van der Waals surface area (Å²) in [7, 11) is -3.42. The molecule has 20 heavy (non-hydrogen) atoms. The SMILES string of the molecule is CCNCc1sccc1S(=O)(=O)N1C[C@@H](C)O[C@@H](C)C1. The second-order valence-electron chi connectivity index (χ2n) is 5.07. The summed E-state index contributed by atoms with van der Waals surface area (Å²) in [6.45, 7) is 8.08. The molecule has 0 aromatic carbocycles. The predicted molar refractivity (Wildman–Crippen MR) is 80.5 cm³/mol. The van der Waals surface area contributed by atoms with E-state index in [0.717, 1.165) is 11.4 Å². The van der Waals surface area contributed by atoms with E-state index in [0.29, 0.717) is 24.5 Å². The van der Waals surface area contributed by atoms with Crippen molar-refractivity contribution in [1.82, 2.24) is 9.62 Å². The first-order valence-electron chi connectivity index (χ1n) is 6.87. The van der Waals surface area contributed by atoms with Crippen molar-refractivity contribution in [2.24, 2.45) is 0 Å². The summed E-state index contributed by atoms with van der Waals surface area (Å²) in [6, 6.07) is 1.71. The molecule has 0 radical (unpaired) electrons. The van der Waals surface area contributed by atoms with Crippen molar-refractivity contribution in [2.45, 2.75) is 44.4 Å². The summed E-state index contributed by atoms with van der Waals surface area (Å²) in [4.78, 5) is 1.31. The molecule has 0 saturated carbocycles. The van der Waals surface area contributed by atoms with E-state index in [9.17, 15) is 8.42 Å². The van der Waals surface area contributed by atoms with Gasteiger partial charge in [0.25, 0.3) is 0 Å². The summed E-state index contributed by atoms with van der Waals surface area (Å²) in [5.41, 5.74) is 0.